The lowest BCUT2D eigenvalue weighted by atomic mass is 9.93. The number of benzene rings is 1. The van der Waals surface area contributed by atoms with E-state index in [1.165, 1.54) is 6.07 Å². The maximum Gasteiger partial charge on any atom is 0.123 e. The van der Waals surface area contributed by atoms with Crippen molar-refractivity contribution >= 4 is 0 Å². The van der Waals surface area contributed by atoms with Crippen LogP contribution in [0.2, 0.25) is 0 Å². The molecule has 4 N–H and O–H groups in total. The van der Waals surface area contributed by atoms with Crippen LogP contribution in [0.4, 0.5) is 0 Å². The summed E-state index contributed by atoms with van der Waals surface area (Å²) in [5.74, 6) is 0.207. The molecule has 0 aliphatic carbocycles. The molecule has 0 aliphatic heterocycles. The zero-order valence-corrected chi connectivity index (χ0v) is 10.8. The number of phenols is 2. The van der Waals surface area contributed by atoms with Crippen molar-refractivity contribution in [1.82, 2.24) is 4.90 Å². The van der Waals surface area contributed by atoms with E-state index >= 15 is 0 Å². The third-order valence-corrected chi connectivity index (χ3v) is 2.76. The van der Waals surface area contributed by atoms with Gasteiger partial charge >= 0.3 is 0 Å². The number of nitrogens with two attached hydrogens (primary N) is 1. The molecule has 0 spiro atoms. The maximum atomic E-state index is 9.68. The topological polar surface area (TPSA) is 69.7 Å². The zero-order chi connectivity index (χ0) is 13.1. The molecular weight excluding hydrogens is 216 g/mol. The molecule has 0 aliphatic rings. The summed E-state index contributed by atoms with van der Waals surface area (Å²) in [4.78, 5) is 2.11. The molecule has 0 atom stereocenters. The molecule has 0 aromatic heterocycles. The lowest BCUT2D eigenvalue weighted by Crippen LogP contribution is -2.36. The van der Waals surface area contributed by atoms with Gasteiger partial charge in [0, 0.05) is 24.7 Å². The molecule has 4 heteroatoms. The maximum absolute atomic E-state index is 9.68. The van der Waals surface area contributed by atoms with Crippen molar-refractivity contribution in [2.75, 3.05) is 20.1 Å². The standard InChI is InChI=1S/C13H22N2O2/c1-13(2,8-14)9-15(3)7-10-4-5-11(16)6-12(10)17/h4-6,16-17H,7-9,14H2,1-3H3. The predicted octanol–water partition coefficient (Wildman–Crippen LogP) is 1.51. The molecule has 96 valence electrons. The molecule has 0 unspecified atom stereocenters. The van der Waals surface area contributed by atoms with E-state index in [1.807, 2.05) is 7.05 Å². The van der Waals surface area contributed by atoms with Gasteiger partial charge in [0.25, 0.3) is 0 Å². The number of nitrogens with zero attached hydrogens (tertiary/aromatic N) is 1. The van der Waals surface area contributed by atoms with Crippen LogP contribution in [-0.2, 0) is 6.54 Å². The highest BCUT2D eigenvalue weighted by Gasteiger charge is 2.18. The molecule has 17 heavy (non-hydrogen) atoms. The third kappa shape index (κ3) is 4.24. The monoisotopic (exact) mass is 238 g/mol. The minimum atomic E-state index is 0.0568. The van der Waals surface area contributed by atoms with E-state index in [9.17, 15) is 10.2 Å². The van der Waals surface area contributed by atoms with Gasteiger partial charge in [-0.05, 0) is 25.1 Å². The first-order valence-corrected chi connectivity index (χ1v) is 5.73. The molecule has 0 bridgehead atoms. The van der Waals surface area contributed by atoms with E-state index in [1.54, 1.807) is 12.1 Å². The van der Waals surface area contributed by atoms with Crippen molar-refractivity contribution in [3.05, 3.63) is 23.8 Å². The van der Waals surface area contributed by atoms with Gasteiger partial charge in [0.1, 0.15) is 11.5 Å². The minimum absolute atomic E-state index is 0.0568. The van der Waals surface area contributed by atoms with Crippen molar-refractivity contribution < 1.29 is 10.2 Å². The Morgan fingerprint density at radius 3 is 2.47 bits per heavy atom. The summed E-state index contributed by atoms with van der Waals surface area (Å²) in [5.41, 5.74) is 6.55. The van der Waals surface area contributed by atoms with Crippen LogP contribution in [0, 0.1) is 5.41 Å². The first kappa shape index (κ1) is 13.8. The number of rotatable bonds is 5. The van der Waals surface area contributed by atoms with Gasteiger partial charge in [0.2, 0.25) is 0 Å². The van der Waals surface area contributed by atoms with Gasteiger partial charge in [0.15, 0.2) is 0 Å². The normalized spacial score (nSPS) is 12.1. The fraction of sp³-hybridized carbons (Fsp3) is 0.538. The van der Waals surface area contributed by atoms with E-state index in [0.29, 0.717) is 13.1 Å². The highest BCUT2D eigenvalue weighted by Crippen LogP contribution is 2.24. The largest absolute Gasteiger partial charge is 0.508 e. The molecular formula is C13H22N2O2. The molecule has 1 aromatic carbocycles. The van der Waals surface area contributed by atoms with Crippen LogP contribution in [0.25, 0.3) is 0 Å². The predicted molar refractivity (Wildman–Crippen MR) is 68.9 cm³/mol. The summed E-state index contributed by atoms with van der Waals surface area (Å²) in [6, 6.07) is 4.67. The Morgan fingerprint density at radius 2 is 1.94 bits per heavy atom. The molecule has 0 radical (unpaired) electrons. The quantitative estimate of drug-likeness (QED) is 0.727. The third-order valence-electron chi connectivity index (χ3n) is 2.76. The van der Waals surface area contributed by atoms with Crippen molar-refractivity contribution in [1.29, 1.82) is 0 Å². The van der Waals surface area contributed by atoms with Crippen molar-refractivity contribution in [2.24, 2.45) is 11.1 Å². The SMILES string of the molecule is CN(Cc1ccc(O)cc1O)CC(C)(C)CN. The van der Waals surface area contributed by atoms with Gasteiger partial charge < -0.3 is 20.8 Å². The average molecular weight is 238 g/mol. The van der Waals surface area contributed by atoms with Gasteiger partial charge in [-0.15, -0.1) is 0 Å². The highest BCUT2D eigenvalue weighted by atomic mass is 16.3. The molecule has 4 nitrogen and oxygen atoms in total. The summed E-state index contributed by atoms with van der Waals surface area (Å²) in [6.07, 6.45) is 0. The zero-order valence-electron chi connectivity index (χ0n) is 10.8. The van der Waals surface area contributed by atoms with Crippen LogP contribution in [0.5, 0.6) is 11.5 Å². The summed E-state index contributed by atoms with van der Waals surface area (Å²) in [6.45, 7) is 6.33. The molecule has 0 fully saturated rings. The Balaban J connectivity index is 2.65. The van der Waals surface area contributed by atoms with Crippen LogP contribution in [0.3, 0.4) is 0 Å². The summed E-state index contributed by atoms with van der Waals surface area (Å²) in [7, 11) is 1.99. The minimum Gasteiger partial charge on any atom is -0.508 e. The molecule has 0 saturated carbocycles. The van der Waals surface area contributed by atoms with Gasteiger partial charge in [-0.2, -0.15) is 0 Å². The van der Waals surface area contributed by atoms with Gasteiger partial charge in [-0.3, -0.25) is 0 Å². The van der Waals surface area contributed by atoms with Crippen molar-refractivity contribution in [3.8, 4) is 11.5 Å². The summed E-state index contributed by atoms with van der Waals surface area (Å²) < 4.78 is 0. The second-order valence-corrected chi connectivity index (χ2v) is 5.35. The van der Waals surface area contributed by atoms with Crippen molar-refractivity contribution in [2.45, 2.75) is 20.4 Å². The van der Waals surface area contributed by atoms with E-state index in [4.69, 9.17) is 5.73 Å². The van der Waals surface area contributed by atoms with E-state index in [0.717, 1.165) is 12.1 Å². The Labute approximate surface area is 103 Å². The molecule has 0 saturated heterocycles. The Kier molecular flexibility index (Phi) is 4.37. The number of phenolic OH excluding ortho intramolecular Hbond substituents is 2. The van der Waals surface area contributed by atoms with Crippen molar-refractivity contribution in [3.63, 3.8) is 0 Å². The Bertz CT molecular complexity index is 378. The van der Waals surface area contributed by atoms with Crippen LogP contribution in [0.1, 0.15) is 19.4 Å². The van der Waals surface area contributed by atoms with Gasteiger partial charge in [-0.1, -0.05) is 19.9 Å². The molecule has 0 amide bonds. The van der Waals surface area contributed by atoms with E-state index in [2.05, 4.69) is 18.7 Å². The first-order valence-electron chi connectivity index (χ1n) is 5.73. The lowest BCUT2D eigenvalue weighted by Gasteiger charge is -2.29. The fourth-order valence-electron chi connectivity index (χ4n) is 1.83. The van der Waals surface area contributed by atoms with Crippen LogP contribution in [0.15, 0.2) is 18.2 Å². The molecule has 1 rings (SSSR count). The second kappa shape index (κ2) is 5.38. The fourth-order valence-corrected chi connectivity index (χ4v) is 1.83. The average Bonchev–Trinajstić information content (AvgIpc) is 2.21. The highest BCUT2D eigenvalue weighted by molar-refractivity contribution is 5.38. The Hall–Kier alpha value is -1.26. The summed E-state index contributed by atoms with van der Waals surface area (Å²) in [5, 5.41) is 18.9. The number of hydrogen-bond acceptors (Lipinski definition) is 4. The van der Waals surface area contributed by atoms with Crippen LogP contribution < -0.4 is 5.73 Å². The Morgan fingerprint density at radius 1 is 1.29 bits per heavy atom. The van der Waals surface area contributed by atoms with Gasteiger partial charge in [0.05, 0.1) is 0 Å². The van der Waals surface area contributed by atoms with E-state index < -0.39 is 0 Å². The number of hydrogen-bond donors (Lipinski definition) is 3. The van der Waals surface area contributed by atoms with Gasteiger partial charge in [-0.25, -0.2) is 0 Å². The second-order valence-electron chi connectivity index (χ2n) is 5.35. The van der Waals surface area contributed by atoms with E-state index in [-0.39, 0.29) is 16.9 Å². The van der Waals surface area contributed by atoms with Crippen LogP contribution >= 0.6 is 0 Å². The number of aromatic hydroxyl groups is 2. The summed E-state index contributed by atoms with van der Waals surface area (Å²) >= 11 is 0. The molecule has 1 aromatic rings. The lowest BCUT2D eigenvalue weighted by molar-refractivity contribution is 0.208. The molecule has 0 heterocycles. The smallest absolute Gasteiger partial charge is 0.123 e. The van der Waals surface area contributed by atoms with Crippen LogP contribution in [-0.4, -0.2) is 35.3 Å². The first-order chi connectivity index (χ1) is 7.84.